The van der Waals surface area contributed by atoms with Crippen molar-refractivity contribution in [1.29, 1.82) is 0 Å². The fraction of sp³-hybridized carbons (Fsp3) is 0.158. The van der Waals surface area contributed by atoms with E-state index in [1.807, 2.05) is 0 Å². The van der Waals surface area contributed by atoms with Crippen LogP contribution in [0.15, 0.2) is 63.6 Å². The molecule has 2 aromatic rings. The standard InChI is InChI=1S/C19H18Br2N2O5/c1-11(2-9-17(25)23-27)18(15-10-13(21)5-8-16(15)24)28-19(26)22-14-6-3-12(20)4-7-14/h2-11,18,24,27H,1H3,(H,22,26)(H,23,25)/b9-2+/t11-,18+/m1/s1. The summed E-state index contributed by atoms with van der Waals surface area (Å²) in [5.74, 6) is -1.27. The van der Waals surface area contributed by atoms with Crippen LogP contribution in [-0.4, -0.2) is 22.3 Å². The highest BCUT2D eigenvalue weighted by Crippen LogP contribution is 2.35. The lowest BCUT2D eigenvalue weighted by Gasteiger charge is -2.23. The van der Waals surface area contributed by atoms with Crippen LogP contribution in [0.5, 0.6) is 5.75 Å². The second kappa shape index (κ2) is 10.3. The zero-order valence-corrected chi connectivity index (χ0v) is 17.9. The van der Waals surface area contributed by atoms with Gasteiger partial charge in [0.1, 0.15) is 11.9 Å². The Morgan fingerprint density at radius 3 is 2.39 bits per heavy atom. The molecule has 0 aliphatic rings. The van der Waals surface area contributed by atoms with Gasteiger partial charge in [-0.25, -0.2) is 10.3 Å². The van der Waals surface area contributed by atoms with Gasteiger partial charge in [0.15, 0.2) is 0 Å². The summed E-state index contributed by atoms with van der Waals surface area (Å²) in [6.07, 6.45) is 0.959. The van der Waals surface area contributed by atoms with Crippen molar-refractivity contribution in [3.63, 3.8) is 0 Å². The molecule has 0 aliphatic carbocycles. The van der Waals surface area contributed by atoms with Crippen LogP contribution in [0, 0.1) is 5.92 Å². The SMILES string of the molecule is C[C@H](/C=C/C(=O)NO)[C@H](OC(=O)Nc1ccc(Br)cc1)c1cc(Br)ccc1O. The zero-order chi connectivity index (χ0) is 20.7. The van der Waals surface area contributed by atoms with Gasteiger partial charge in [0.05, 0.1) is 0 Å². The van der Waals surface area contributed by atoms with E-state index in [1.165, 1.54) is 17.6 Å². The number of anilines is 1. The zero-order valence-electron chi connectivity index (χ0n) is 14.7. The van der Waals surface area contributed by atoms with Crippen LogP contribution in [0.4, 0.5) is 10.5 Å². The lowest BCUT2D eigenvalue weighted by molar-refractivity contribution is -0.124. The number of rotatable bonds is 6. The van der Waals surface area contributed by atoms with Gasteiger partial charge in [-0.1, -0.05) is 44.9 Å². The average molecular weight is 514 g/mol. The Hall–Kier alpha value is -2.36. The molecule has 148 valence electrons. The van der Waals surface area contributed by atoms with Crippen LogP contribution < -0.4 is 10.8 Å². The van der Waals surface area contributed by atoms with E-state index in [0.29, 0.717) is 15.7 Å². The second-order valence-corrected chi connectivity index (χ2v) is 7.69. The minimum Gasteiger partial charge on any atom is -0.508 e. The first-order valence-corrected chi connectivity index (χ1v) is 9.72. The number of carbonyl (C=O) groups excluding carboxylic acids is 2. The third kappa shape index (κ3) is 6.36. The Morgan fingerprint density at radius 1 is 1.11 bits per heavy atom. The minimum atomic E-state index is -0.893. The molecule has 9 heteroatoms. The summed E-state index contributed by atoms with van der Waals surface area (Å²) in [7, 11) is 0. The number of hydrogen-bond donors (Lipinski definition) is 4. The first-order valence-electron chi connectivity index (χ1n) is 8.14. The first kappa shape index (κ1) is 21.9. The fourth-order valence-electron chi connectivity index (χ4n) is 2.38. The van der Waals surface area contributed by atoms with E-state index < -0.39 is 24.0 Å². The Labute approximate surface area is 178 Å². The molecular formula is C19H18Br2N2O5. The van der Waals surface area contributed by atoms with Crippen LogP contribution in [0.3, 0.4) is 0 Å². The van der Waals surface area contributed by atoms with Gasteiger partial charge in [0, 0.05) is 32.2 Å². The fourth-order valence-corrected chi connectivity index (χ4v) is 3.02. The van der Waals surface area contributed by atoms with Crippen LogP contribution in [0.1, 0.15) is 18.6 Å². The van der Waals surface area contributed by atoms with Crippen molar-refractivity contribution < 1.29 is 24.6 Å². The highest BCUT2D eigenvalue weighted by atomic mass is 79.9. The van der Waals surface area contributed by atoms with Crippen LogP contribution in [-0.2, 0) is 9.53 Å². The summed E-state index contributed by atoms with van der Waals surface area (Å²) in [6, 6.07) is 11.7. The molecular weight excluding hydrogens is 496 g/mol. The van der Waals surface area contributed by atoms with Crippen molar-refractivity contribution in [1.82, 2.24) is 5.48 Å². The molecule has 2 aromatic carbocycles. The third-order valence-corrected chi connectivity index (χ3v) is 4.78. The van der Waals surface area contributed by atoms with E-state index in [1.54, 1.807) is 43.3 Å². The second-order valence-electron chi connectivity index (χ2n) is 5.86. The number of carbonyl (C=O) groups is 2. The Kier molecular flexibility index (Phi) is 8.04. The molecule has 0 radical (unpaired) electrons. The molecule has 2 atom stereocenters. The number of halogens is 2. The number of amides is 2. The molecule has 0 spiro atoms. The quantitative estimate of drug-likeness (QED) is 0.249. The van der Waals surface area contributed by atoms with Gasteiger partial charge < -0.3 is 9.84 Å². The van der Waals surface area contributed by atoms with Crippen LogP contribution in [0.2, 0.25) is 0 Å². The van der Waals surface area contributed by atoms with E-state index in [9.17, 15) is 14.7 Å². The minimum absolute atomic E-state index is 0.0588. The van der Waals surface area contributed by atoms with E-state index in [-0.39, 0.29) is 5.75 Å². The number of hydroxylamine groups is 1. The van der Waals surface area contributed by atoms with Crippen molar-refractivity contribution in [2.24, 2.45) is 5.92 Å². The van der Waals surface area contributed by atoms with Crippen molar-refractivity contribution in [3.8, 4) is 5.75 Å². The first-order chi connectivity index (χ1) is 13.3. The normalized spacial score (nSPS) is 13.0. The van der Waals surface area contributed by atoms with E-state index in [4.69, 9.17) is 9.94 Å². The van der Waals surface area contributed by atoms with Gasteiger partial charge in [-0.3, -0.25) is 15.3 Å². The van der Waals surface area contributed by atoms with Crippen molar-refractivity contribution >= 4 is 49.5 Å². The van der Waals surface area contributed by atoms with Crippen molar-refractivity contribution in [2.45, 2.75) is 13.0 Å². The number of benzene rings is 2. The number of nitrogens with one attached hydrogen (secondary N) is 2. The summed E-state index contributed by atoms with van der Waals surface area (Å²) < 4.78 is 7.10. The Balaban J connectivity index is 2.25. The van der Waals surface area contributed by atoms with Gasteiger partial charge in [0.2, 0.25) is 0 Å². The molecule has 0 unspecified atom stereocenters. The Bertz CT molecular complexity index is 871. The number of hydrogen-bond acceptors (Lipinski definition) is 5. The molecule has 0 fully saturated rings. The Morgan fingerprint density at radius 2 is 1.75 bits per heavy atom. The molecule has 4 N–H and O–H groups in total. The smallest absolute Gasteiger partial charge is 0.412 e. The molecule has 7 nitrogen and oxygen atoms in total. The predicted octanol–water partition coefficient (Wildman–Crippen LogP) is 4.90. The van der Waals surface area contributed by atoms with Crippen LogP contribution >= 0.6 is 31.9 Å². The van der Waals surface area contributed by atoms with Crippen molar-refractivity contribution in [2.75, 3.05) is 5.32 Å². The monoisotopic (exact) mass is 512 g/mol. The van der Waals surface area contributed by atoms with Gasteiger partial charge >= 0.3 is 6.09 Å². The molecule has 0 aliphatic heterocycles. The molecule has 28 heavy (non-hydrogen) atoms. The number of phenols is 1. The van der Waals surface area contributed by atoms with E-state index >= 15 is 0 Å². The molecule has 0 saturated heterocycles. The molecule has 0 aromatic heterocycles. The topological polar surface area (TPSA) is 108 Å². The average Bonchev–Trinajstić information content (AvgIpc) is 2.67. The third-order valence-electron chi connectivity index (χ3n) is 3.76. The summed E-state index contributed by atoms with van der Waals surface area (Å²) in [4.78, 5) is 23.7. The highest BCUT2D eigenvalue weighted by molar-refractivity contribution is 9.10. The van der Waals surface area contributed by atoms with E-state index in [0.717, 1.165) is 10.5 Å². The molecule has 0 bridgehead atoms. The lowest BCUT2D eigenvalue weighted by Crippen LogP contribution is -2.22. The van der Waals surface area contributed by atoms with Gasteiger partial charge in [0.25, 0.3) is 5.91 Å². The largest absolute Gasteiger partial charge is 0.508 e. The van der Waals surface area contributed by atoms with Crippen molar-refractivity contribution in [3.05, 3.63) is 69.1 Å². The van der Waals surface area contributed by atoms with Crippen LogP contribution in [0.25, 0.3) is 0 Å². The number of aromatic hydroxyl groups is 1. The molecule has 2 amide bonds. The number of phenolic OH excluding ortho intramolecular Hbond substituents is 1. The maximum Gasteiger partial charge on any atom is 0.412 e. The predicted molar refractivity (Wildman–Crippen MR) is 111 cm³/mol. The molecule has 0 heterocycles. The summed E-state index contributed by atoms with van der Waals surface area (Å²) in [5, 5.41) is 21.5. The summed E-state index contributed by atoms with van der Waals surface area (Å²) >= 11 is 6.64. The van der Waals surface area contributed by atoms with Gasteiger partial charge in [-0.2, -0.15) is 0 Å². The van der Waals surface area contributed by atoms with Gasteiger partial charge in [-0.15, -0.1) is 0 Å². The number of ether oxygens (including phenoxy) is 1. The maximum atomic E-state index is 12.4. The molecule has 0 saturated carbocycles. The highest BCUT2D eigenvalue weighted by Gasteiger charge is 2.25. The van der Waals surface area contributed by atoms with E-state index in [2.05, 4.69) is 37.2 Å². The lowest BCUT2D eigenvalue weighted by atomic mass is 9.96. The molecule has 2 rings (SSSR count). The summed E-state index contributed by atoms with van der Waals surface area (Å²) in [5.41, 5.74) is 2.39. The van der Waals surface area contributed by atoms with Gasteiger partial charge in [-0.05, 0) is 42.5 Å². The summed E-state index contributed by atoms with van der Waals surface area (Å²) in [6.45, 7) is 1.71. The maximum absolute atomic E-state index is 12.4.